The highest BCUT2D eigenvalue weighted by molar-refractivity contribution is 6.06. The van der Waals surface area contributed by atoms with Crippen molar-refractivity contribution < 1.29 is 14.7 Å². The molecule has 0 bridgehead atoms. The van der Waals surface area contributed by atoms with Gasteiger partial charge in [0.25, 0.3) is 0 Å². The molecule has 0 unspecified atom stereocenters. The number of carbonyl (C=O) groups is 2. The third kappa shape index (κ3) is 13.8. The molecule has 0 saturated carbocycles. The smallest absolute Gasteiger partial charge is 0.328 e. The quantitative estimate of drug-likeness (QED) is 0.157. The van der Waals surface area contributed by atoms with E-state index in [0.29, 0.717) is 5.56 Å². The van der Waals surface area contributed by atoms with Crippen LogP contribution in [0.4, 0.5) is 0 Å². The number of benzene rings is 1. The summed E-state index contributed by atoms with van der Waals surface area (Å²) in [5.41, 5.74) is 1.77. The number of carboxylic acids is 1. The molecule has 1 aromatic carbocycles. The Bertz CT molecular complexity index is 586. The van der Waals surface area contributed by atoms with Crippen molar-refractivity contribution in [3.05, 3.63) is 47.5 Å². The van der Waals surface area contributed by atoms with Gasteiger partial charge in [0.05, 0.1) is 0 Å². The molecule has 0 aromatic heterocycles. The Morgan fingerprint density at radius 1 is 0.690 bits per heavy atom. The van der Waals surface area contributed by atoms with E-state index in [9.17, 15) is 9.59 Å². The van der Waals surface area contributed by atoms with Gasteiger partial charge in [-0.05, 0) is 24.5 Å². The van der Waals surface area contributed by atoms with Gasteiger partial charge in [0.1, 0.15) is 0 Å². The Labute approximate surface area is 177 Å². The van der Waals surface area contributed by atoms with Crippen molar-refractivity contribution in [1.82, 2.24) is 0 Å². The Hall–Kier alpha value is -1.90. The second kappa shape index (κ2) is 17.0. The van der Waals surface area contributed by atoms with Gasteiger partial charge in [0.2, 0.25) is 0 Å². The fraction of sp³-hybridized carbons (Fsp3) is 0.615. The van der Waals surface area contributed by atoms with E-state index in [0.717, 1.165) is 18.6 Å². The van der Waals surface area contributed by atoms with E-state index in [4.69, 9.17) is 5.11 Å². The van der Waals surface area contributed by atoms with Crippen LogP contribution in [-0.2, 0) is 11.2 Å². The number of aliphatic carboxylic acids is 1. The van der Waals surface area contributed by atoms with Gasteiger partial charge in [0, 0.05) is 11.6 Å². The molecule has 0 spiro atoms. The van der Waals surface area contributed by atoms with Crippen LogP contribution in [0, 0.1) is 0 Å². The van der Waals surface area contributed by atoms with Gasteiger partial charge >= 0.3 is 5.97 Å². The number of carboxylic acid groups (broad SMARTS) is 1. The Kier molecular flexibility index (Phi) is 14.7. The lowest BCUT2D eigenvalue weighted by Gasteiger charge is -2.04. The lowest BCUT2D eigenvalue weighted by atomic mass is 10.0. The maximum absolute atomic E-state index is 11.8. The summed E-state index contributed by atoms with van der Waals surface area (Å²) in [5, 5.41) is 8.57. The third-order valence-corrected chi connectivity index (χ3v) is 5.43. The molecule has 0 aliphatic heterocycles. The fourth-order valence-corrected chi connectivity index (χ4v) is 3.60. The first-order valence-electron chi connectivity index (χ1n) is 11.7. The maximum atomic E-state index is 11.8. The minimum Gasteiger partial charge on any atom is -0.478 e. The Morgan fingerprint density at radius 2 is 1.14 bits per heavy atom. The van der Waals surface area contributed by atoms with Crippen molar-refractivity contribution in [1.29, 1.82) is 0 Å². The van der Waals surface area contributed by atoms with Gasteiger partial charge in [0.15, 0.2) is 5.78 Å². The number of unbranched alkanes of at least 4 members (excludes halogenated alkanes) is 13. The molecule has 1 aromatic rings. The van der Waals surface area contributed by atoms with Crippen molar-refractivity contribution >= 4 is 11.8 Å². The molecule has 0 amide bonds. The first-order chi connectivity index (χ1) is 14.1. The lowest BCUT2D eigenvalue weighted by molar-refractivity contribution is -0.131. The summed E-state index contributed by atoms with van der Waals surface area (Å²) < 4.78 is 0. The van der Waals surface area contributed by atoms with E-state index in [1.54, 1.807) is 12.1 Å². The summed E-state index contributed by atoms with van der Waals surface area (Å²) in [6.45, 7) is 2.27. The normalized spacial score (nSPS) is 11.2. The van der Waals surface area contributed by atoms with Gasteiger partial charge in [-0.3, -0.25) is 4.79 Å². The van der Waals surface area contributed by atoms with Crippen LogP contribution in [0.2, 0.25) is 0 Å². The minimum atomic E-state index is -1.10. The third-order valence-electron chi connectivity index (χ3n) is 5.43. The summed E-state index contributed by atoms with van der Waals surface area (Å²) in [6.07, 6.45) is 22.1. The molecule has 162 valence electrons. The van der Waals surface area contributed by atoms with E-state index in [2.05, 4.69) is 6.92 Å². The molecule has 0 aliphatic carbocycles. The summed E-state index contributed by atoms with van der Waals surface area (Å²) in [5.74, 6) is -1.37. The maximum Gasteiger partial charge on any atom is 0.328 e. The molecule has 0 saturated heterocycles. The first kappa shape index (κ1) is 25.1. The van der Waals surface area contributed by atoms with Crippen LogP contribution in [-0.4, -0.2) is 16.9 Å². The van der Waals surface area contributed by atoms with Crippen LogP contribution in [0.15, 0.2) is 36.4 Å². The number of ketones is 1. The molecular formula is C26H40O3. The number of aryl methyl sites for hydroxylation is 1. The van der Waals surface area contributed by atoms with E-state index in [1.165, 1.54) is 95.5 Å². The zero-order chi connectivity index (χ0) is 21.2. The average molecular weight is 401 g/mol. The zero-order valence-corrected chi connectivity index (χ0v) is 18.3. The summed E-state index contributed by atoms with van der Waals surface area (Å²) in [4.78, 5) is 22.3. The van der Waals surface area contributed by atoms with E-state index >= 15 is 0 Å². The molecule has 3 nitrogen and oxygen atoms in total. The van der Waals surface area contributed by atoms with E-state index in [-0.39, 0.29) is 5.78 Å². The van der Waals surface area contributed by atoms with E-state index in [1.807, 2.05) is 12.1 Å². The number of hydrogen-bond donors (Lipinski definition) is 1. The van der Waals surface area contributed by atoms with Gasteiger partial charge < -0.3 is 5.11 Å². The van der Waals surface area contributed by atoms with Crippen molar-refractivity contribution in [2.45, 2.75) is 103 Å². The monoisotopic (exact) mass is 400 g/mol. The zero-order valence-electron chi connectivity index (χ0n) is 18.3. The first-order valence-corrected chi connectivity index (χ1v) is 11.7. The standard InChI is InChI=1S/C26H40O3/c1-2-3-4-5-6-7-8-9-10-11-12-13-14-15-16-23-17-19-24(20-18-23)25(27)21-22-26(28)29/h17-22H,2-16H2,1H3,(H,28,29). The van der Waals surface area contributed by atoms with Crippen LogP contribution in [0.3, 0.4) is 0 Å². The molecule has 1 N–H and O–H groups in total. The largest absolute Gasteiger partial charge is 0.478 e. The molecule has 1 rings (SSSR count). The van der Waals surface area contributed by atoms with E-state index < -0.39 is 5.97 Å². The van der Waals surface area contributed by atoms with Crippen LogP contribution < -0.4 is 0 Å². The summed E-state index contributed by atoms with van der Waals surface area (Å²) in [7, 11) is 0. The van der Waals surface area contributed by atoms with Crippen LogP contribution in [0.25, 0.3) is 0 Å². The van der Waals surface area contributed by atoms with Crippen LogP contribution in [0.5, 0.6) is 0 Å². The number of hydrogen-bond acceptors (Lipinski definition) is 2. The number of allylic oxidation sites excluding steroid dienone is 1. The second-order valence-electron chi connectivity index (χ2n) is 8.08. The summed E-state index contributed by atoms with van der Waals surface area (Å²) in [6, 6.07) is 7.52. The highest BCUT2D eigenvalue weighted by atomic mass is 16.4. The van der Waals surface area contributed by atoms with Crippen molar-refractivity contribution in [2.75, 3.05) is 0 Å². The number of carbonyl (C=O) groups excluding carboxylic acids is 1. The average Bonchev–Trinajstić information content (AvgIpc) is 2.72. The Balaban J connectivity index is 1.98. The molecule has 0 aliphatic rings. The molecule has 29 heavy (non-hydrogen) atoms. The molecular weight excluding hydrogens is 360 g/mol. The molecule has 3 heteroatoms. The van der Waals surface area contributed by atoms with Gasteiger partial charge in [-0.15, -0.1) is 0 Å². The highest BCUT2D eigenvalue weighted by Gasteiger charge is 2.03. The second-order valence-corrected chi connectivity index (χ2v) is 8.08. The lowest BCUT2D eigenvalue weighted by Crippen LogP contribution is -1.97. The fourth-order valence-electron chi connectivity index (χ4n) is 3.60. The summed E-state index contributed by atoms with van der Waals surface area (Å²) >= 11 is 0. The van der Waals surface area contributed by atoms with Crippen molar-refractivity contribution in [2.24, 2.45) is 0 Å². The van der Waals surface area contributed by atoms with Gasteiger partial charge in [-0.2, -0.15) is 0 Å². The molecule has 0 atom stereocenters. The van der Waals surface area contributed by atoms with Gasteiger partial charge in [-0.1, -0.05) is 115 Å². The SMILES string of the molecule is CCCCCCCCCCCCCCCCc1ccc(C(=O)C=CC(=O)O)cc1. The van der Waals surface area contributed by atoms with Gasteiger partial charge in [-0.25, -0.2) is 4.79 Å². The highest BCUT2D eigenvalue weighted by Crippen LogP contribution is 2.14. The topological polar surface area (TPSA) is 54.4 Å². The van der Waals surface area contributed by atoms with Crippen LogP contribution >= 0.6 is 0 Å². The molecule has 0 radical (unpaired) electrons. The predicted octanol–water partition coefficient (Wildman–Crippen LogP) is 7.53. The predicted molar refractivity (Wildman–Crippen MR) is 122 cm³/mol. The number of rotatable bonds is 18. The molecule has 0 fully saturated rings. The van der Waals surface area contributed by atoms with Crippen molar-refractivity contribution in [3.63, 3.8) is 0 Å². The van der Waals surface area contributed by atoms with Crippen LogP contribution in [0.1, 0.15) is 113 Å². The van der Waals surface area contributed by atoms with Crippen molar-refractivity contribution in [3.8, 4) is 0 Å². The minimum absolute atomic E-state index is 0.268. The molecule has 0 heterocycles. The Morgan fingerprint density at radius 3 is 1.59 bits per heavy atom.